The van der Waals surface area contributed by atoms with Crippen LogP contribution in [0.5, 0.6) is 0 Å². The van der Waals surface area contributed by atoms with E-state index in [2.05, 4.69) is 5.32 Å². The van der Waals surface area contributed by atoms with Crippen LogP contribution in [0.3, 0.4) is 0 Å². The van der Waals surface area contributed by atoms with E-state index >= 15 is 0 Å². The van der Waals surface area contributed by atoms with Gasteiger partial charge in [-0.15, -0.1) is 0 Å². The summed E-state index contributed by atoms with van der Waals surface area (Å²) in [7, 11) is 1.60. The van der Waals surface area contributed by atoms with E-state index in [0.29, 0.717) is 5.56 Å². The molecule has 22 heavy (non-hydrogen) atoms. The second-order valence-electron chi connectivity index (χ2n) is 5.66. The van der Waals surface area contributed by atoms with E-state index in [-0.39, 0.29) is 5.91 Å². The minimum absolute atomic E-state index is 0.120. The molecule has 0 aliphatic rings. The van der Waals surface area contributed by atoms with Gasteiger partial charge >= 0.3 is 5.97 Å². The van der Waals surface area contributed by atoms with Crippen molar-refractivity contribution < 1.29 is 14.7 Å². The lowest BCUT2D eigenvalue weighted by Gasteiger charge is -2.19. The van der Waals surface area contributed by atoms with Gasteiger partial charge in [-0.2, -0.15) is 0 Å². The molecule has 0 aliphatic carbocycles. The zero-order chi connectivity index (χ0) is 16.3. The lowest BCUT2D eigenvalue weighted by molar-refractivity contribution is -0.142. The third kappa shape index (κ3) is 3.01. The highest BCUT2D eigenvalue weighted by Gasteiger charge is 2.29. The maximum atomic E-state index is 11.5. The van der Waals surface area contributed by atoms with Crippen LogP contribution in [0.1, 0.15) is 29.8 Å². The van der Waals surface area contributed by atoms with Gasteiger partial charge in [0.05, 0.1) is 5.41 Å². The van der Waals surface area contributed by atoms with Crippen molar-refractivity contribution >= 4 is 11.9 Å². The fourth-order valence-corrected chi connectivity index (χ4v) is 2.16. The number of carboxylic acid groups (broad SMARTS) is 1. The highest BCUT2D eigenvalue weighted by Crippen LogP contribution is 2.27. The first-order chi connectivity index (χ1) is 10.4. The summed E-state index contributed by atoms with van der Waals surface area (Å²) in [5, 5.41) is 11.8. The predicted octanol–water partition coefficient (Wildman–Crippen LogP) is 3.08. The van der Waals surface area contributed by atoms with Crippen molar-refractivity contribution in [3.8, 4) is 11.1 Å². The molecule has 0 aromatic heterocycles. The molecule has 0 saturated heterocycles. The summed E-state index contributed by atoms with van der Waals surface area (Å²) < 4.78 is 0. The largest absolute Gasteiger partial charge is 0.481 e. The van der Waals surface area contributed by atoms with Gasteiger partial charge in [0, 0.05) is 12.6 Å². The second kappa shape index (κ2) is 6.02. The van der Waals surface area contributed by atoms with E-state index < -0.39 is 11.4 Å². The number of carbonyl (C=O) groups is 2. The topological polar surface area (TPSA) is 66.4 Å². The Labute approximate surface area is 129 Å². The maximum absolute atomic E-state index is 11.5. The van der Waals surface area contributed by atoms with E-state index in [9.17, 15) is 14.7 Å². The van der Waals surface area contributed by atoms with Crippen LogP contribution in [-0.4, -0.2) is 24.0 Å². The lowest BCUT2D eigenvalue weighted by Crippen LogP contribution is -2.28. The van der Waals surface area contributed by atoms with E-state index in [4.69, 9.17) is 0 Å². The summed E-state index contributed by atoms with van der Waals surface area (Å²) in [6.07, 6.45) is 0. The fraction of sp³-hybridized carbons (Fsp3) is 0.222. The molecule has 2 aromatic carbocycles. The first kappa shape index (κ1) is 15.8. The highest BCUT2D eigenvalue weighted by atomic mass is 16.4. The summed E-state index contributed by atoms with van der Waals surface area (Å²) in [5.74, 6) is -0.972. The van der Waals surface area contributed by atoms with Crippen molar-refractivity contribution in [2.75, 3.05) is 7.05 Å². The number of hydrogen-bond acceptors (Lipinski definition) is 2. The Morgan fingerprint density at radius 3 is 1.77 bits per heavy atom. The van der Waals surface area contributed by atoms with Crippen molar-refractivity contribution in [3.05, 3.63) is 59.7 Å². The average molecular weight is 297 g/mol. The van der Waals surface area contributed by atoms with E-state index in [1.54, 1.807) is 33.0 Å². The Morgan fingerprint density at radius 2 is 1.36 bits per heavy atom. The normalized spacial score (nSPS) is 11.0. The van der Waals surface area contributed by atoms with Crippen LogP contribution in [0.2, 0.25) is 0 Å². The van der Waals surface area contributed by atoms with Gasteiger partial charge in [-0.05, 0) is 42.7 Å². The molecule has 2 aromatic rings. The second-order valence-corrected chi connectivity index (χ2v) is 5.66. The smallest absolute Gasteiger partial charge is 0.313 e. The number of carbonyl (C=O) groups excluding carboxylic acids is 1. The van der Waals surface area contributed by atoms with Crippen LogP contribution in [0.25, 0.3) is 11.1 Å². The zero-order valence-corrected chi connectivity index (χ0v) is 12.9. The maximum Gasteiger partial charge on any atom is 0.313 e. The van der Waals surface area contributed by atoms with E-state index in [1.165, 1.54) is 0 Å². The molecule has 2 rings (SSSR count). The number of amides is 1. The van der Waals surface area contributed by atoms with Crippen LogP contribution < -0.4 is 5.32 Å². The summed E-state index contributed by atoms with van der Waals surface area (Å²) in [6.45, 7) is 3.37. The predicted molar refractivity (Wildman–Crippen MR) is 85.9 cm³/mol. The third-order valence-corrected chi connectivity index (χ3v) is 3.85. The molecule has 0 saturated carbocycles. The van der Waals surface area contributed by atoms with Gasteiger partial charge in [0.2, 0.25) is 0 Å². The molecule has 0 bridgehead atoms. The number of benzene rings is 2. The SMILES string of the molecule is CNC(=O)c1ccc(-c2ccc(C(C)(C)C(=O)O)cc2)cc1. The fourth-order valence-electron chi connectivity index (χ4n) is 2.16. The molecule has 2 N–H and O–H groups in total. The molecule has 0 heterocycles. The molecule has 1 amide bonds. The standard InChI is InChI=1S/C18H19NO3/c1-18(2,17(21)22)15-10-8-13(9-11-15)12-4-6-14(7-5-12)16(20)19-3/h4-11H,1-3H3,(H,19,20)(H,21,22). The summed E-state index contributed by atoms with van der Waals surface area (Å²) >= 11 is 0. The lowest BCUT2D eigenvalue weighted by atomic mass is 9.84. The Hall–Kier alpha value is -2.62. The quantitative estimate of drug-likeness (QED) is 0.911. The first-order valence-electron chi connectivity index (χ1n) is 7.02. The molecule has 0 aliphatic heterocycles. The van der Waals surface area contributed by atoms with Gasteiger partial charge in [-0.3, -0.25) is 9.59 Å². The molecule has 4 heteroatoms. The van der Waals surface area contributed by atoms with E-state index in [0.717, 1.165) is 16.7 Å². The number of hydrogen-bond donors (Lipinski definition) is 2. The third-order valence-electron chi connectivity index (χ3n) is 3.85. The van der Waals surface area contributed by atoms with Crippen LogP contribution >= 0.6 is 0 Å². The van der Waals surface area contributed by atoms with E-state index in [1.807, 2.05) is 36.4 Å². The van der Waals surface area contributed by atoms with Gasteiger partial charge in [-0.25, -0.2) is 0 Å². The van der Waals surface area contributed by atoms with Crippen molar-refractivity contribution in [2.24, 2.45) is 0 Å². The Morgan fingerprint density at radius 1 is 0.909 bits per heavy atom. The number of aliphatic carboxylic acids is 1. The Bertz CT molecular complexity index is 685. The van der Waals surface area contributed by atoms with Crippen molar-refractivity contribution in [1.29, 1.82) is 0 Å². The Balaban J connectivity index is 2.28. The summed E-state index contributed by atoms with van der Waals surface area (Å²) in [4.78, 5) is 22.8. The molecule has 0 fully saturated rings. The zero-order valence-electron chi connectivity index (χ0n) is 12.9. The molecule has 4 nitrogen and oxygen atoms in total. The van der Waals surface area contributed by atoms with Crippen LogP contribution in [0, 0.1) is 0 Å². The molecule has 0 unspecified atom stereocenters. The van der Waals surface area contributed by atoms with Gasteiger partial charge < -0.3 is 10.4 Å². The highest BCUT2D eigenvalue weighted by molar-refractivity contribution is 5.94. The molecule has 0 radical (unpaired) electrons. The monoisotopic (exact) mass is 297 g/mol. The molecule has 114 valence electrons. The number of carboxylic acids is 1. The van der Waals surface area contributed by atoms with Crippen LogP contribution in [0.4, 0.5) is 0 Å². The summed E-state index contributed by atoms with van der Waals surface area (Å²) in [6, 6.07) is 14.7. The molecule has 0 atom stereocenters. The van der Waals surface area contributed by atoms with Gasteiger partial charge in [-0.1, -0.05) is 36.4 Å². The minimum atomic E-state index is -0.915. The molecular weight excluding hydrogens is 278 g/mol. The minimum Gasteiger partial charge on any atom is -0.481 e. The summed E-state index contributed by atoms with van der Waals surface area (Å²) in [5.41, 5.74) is 2.41. The van der Waals surface area contributed by atoms with Crippen LogP contribution in [0.15, 0.2) is 48.5 Å². The Kier molecular flexibility index (Phi) is 4.31. The number of nitrogens with one attached hydrogen (secondary N) is 1. The number of rotatable bonds is 4. The van der Waals surface area contributed by atoms with Gasteiger partial charge in [0.1, 0.15) is 0 Å². The molecule has 0 spiro atoms. The average Bonchev–Trinajstić information content (AvgIpc) is 2.54. The van der Waals surface area contributed by atoms with Gasteiger partial charge in [0.25, 0.3) is 5.91 Å². The van der Waals surface area contributed by atoms with Crippen molar-refractivity contribution in [1.82, 2.24) is 5.32 Å². The first-order valence-corrected chi connectivity index (χ1v) is 7.02. The molecular formula is C18H19NO3. The van der Waals surface area contributed by atoms with Crippen molar-refractivity contribution in [2.45, 2.75) is 19.3 Å². The van der Waals surface area contributed by atoms with Gasteiger partial charge in [0.15, 0.2) is 0 Å². The van der Waals surface area contributed by atoms with Crippen molar-refractivity contribution in [3.63, 3.8) is 0 Å². The van der Waals surface area contributed by atoms with Crippen LogP contribution in [-0.2, 0) is 10.2 Å².